The summed E-state index contributed by atoms with van der Waals surface area (Å²) in [5, 5.41) is 0. The first-order valence-electron chi connectivity index (χ1n) is 6.28. The van der Waals surface area contributed by atoms with Gasteiger partial charge in [-0.25, -0.2) is 9.59 Å². The van der Waals surface area contributed by atoms with Gasteiger partial charge in [-0.15, -0.1) is 6.42 Å². The van der Waals surface area contributed by atoms with E-state index in [9.17, 15) is 9.59 Å². The molecule has 22 heavy (non-hydrogen) atoms. The number of hydrogen-bond acceptors (Lipinski definition) is 4. The maximum atomic E-state index is 11.9. The number of carbonyl (C=O) groups excluding carboxylic acids is 2. The molecule has 0 amide bonds. The quantitative estimate of drug-likeness (QED) is 0.477. The zero-order chi connectivity index (χ0) is 15.9. The van der Waals surface area contributed by atoms with Crippen molar-refractivity contribution in [2.75, 3.05) is 6.61 Å². The Kier molecular flexibility index (Phi) is 5.34. The number of terminal acetylenes is 1. The molecule has 0 aliphatic carbocycles. The van der Waals surface area contributed by atoms with Gasteiger partial charge in [-0.05, 0) is 48.5 Å². The molecule has 2 rings (SSSR count). The van der Waals surface area contributed by atoms with Crippen LogP contribution in [0.15, 0.2) is 53.0 Å². The van der Waals surface area contributed by atoms with Crippen LogP contribution in [0.1, 0.15) is 20.7 Å². The van der Waals surface area contributed by atoms with Crippen molar-refractivity contribution in [3.05, 3.63) is 64.1 Å². The summed E-state index contributed by atoms with van der Waals surface area (Å²) in [6, 6.07) is 12.8. The Hall–Kier alpha value is -2.58. The Morgan fingerprint density at radius 2 is 1.50 bits per heavy atom. The van der Waals surface area contributed by atoms with Crippen LogP contribution in [-0.2, 0) is 4.74 Å². The topological polar surface area (TPSA) is 52.6 Å². The van der Waals surface area contributed by atoms with Crippen molar-refractivity contribution in [2.45, 2.75) is 0 Å². The average molecular weight is 359 g/mol. The van der Waals surface area contributed by atoms with Crippen LogP contribution in [0.5, 0.6) is 5.75 Å². The molecule has 0 spiro atoms. The maximum Gasteiger partial charge on any atom is 0.343 e. The molecule has 5 heteroatoms. The summed E-state index contributed by atoms with van der Waals surface area (Å²) in [5.74, 6) is 1.55. The third-order valence-electron chi connectivity index (χ3n) is 2.67. The molecule has 0 N–H and O–H groups in total. The highest BCUT2D eigenvalue weighted by atomic mass is 79.9. The number of esters is 2. The third-order valence-corrected chi connectivity index (χ3v) is 3.20. The van der Waals surface area contributed by atoms with E-state index in [0.717, 1.165) is 4.47 Å². The minimum atomic E-state index is -0.524. The molecule has 0 saturated carbocycles. The lowest BCUT2D eigenvalue weighted by molar-refractivity contribution is 0.0556. The van der Waals surface area contributed by atoms with Gasteiger partial charge in [0.15, 0.2) is 6.61 Å². The average Bonchev–Trinajstić information content (AvgIpc) is 2.54. The van der Waals surface area contributed by atoms with Crippen molar-refractivity contribution in [3.63, 3.8) is 0 Å². The molecule has 0 atom stereocenters. The summed E-state index contributed by atoms with van der Waals surface area (Å²) in [4.78, 5) is 23.5. The molecule has 0 heterocycles. The normalized spacial score (nSPS) is 9.64. The van der Waals surface area contributed by atoms with E-state index in [1.54, 1.807) is 24.3 Å². The van der Waals surface area contributed by atoms with E-state index >= 15 is 0 Å². The molecular weight excluding hydrogens is 348 g/mol. The van der Waals surface area contributed by atoms with Gasteiger partial charge >= 0.3 is 11.9 Å². The van der Waals surface area contributed by atoms with E-state index in [1.165, 1.54) is 24.3 Å². The molecule has 110 valence electrons. The van der Waals surface area contributed by atoms with Crippen LogP contribution in [0, 0.1) is 12.3 Å². The van der Waals surface area contributed by atoms with E-state index in [2.05, 4.69) is 21.9 Å². The van der Waals surface area contributed by atoms with Gasteiger partial charge in [-0.2, -0.15) is 0 Å². The number of halogens is 1. The fourth-order valence-electron chi connectivity index (χ4n) is 1.60. The minimum Gasteiger partial charge on any atom is -0.449 e. The Labute approximate surface area is 136 Å². The molecule has 0 bridgehead atoms. The fraction of sp³-hybridized carbons (Fsp3) is 0.0588. The van der Waals surface area contributed by atoms with Crippen LogP contribution in [-0.4, -0.2) is 18.5 Å². The number of carbonyl (C=O) groups is 2. The van der Waals surface area contributed by atoms with Crippen LogP contribution in [0.3, 0.4) is 0 Å². The highest BCUT2D eigenvalue weighted by Crippen LogP contribution is 2.16. The van der Waals surface area contributed by atoms with Crippen LogP contribution in [0.25, 0.3) is 0 Å². The Morgan fingerprint density at radius 1 is 0.955 bits per heavy atom. The standard InChI is InChI=1S/C17H11BrO4/c1-2-11-21-16(19)12-5-9-15(10-6-12)22-17(20)13-3-7-14(18)8-4-13/h1,3-10H,11H2. The summed E-state index contributed by atoms with van der Waals surface area (Å²) in [6.07, 6.45) is 5.01. The monoisotopic (exact) mass is 358 g/mol. The SMILES string of the molecule is C#CCOC(=O)c1ccc(OC(=O)c2ccc(Br)cc2)cc1. The largest absolute Gasteiger partial charge is 0.449 e. The number of benzene rings is 2. The van der Waals surface area contributed by atoms with E-state index in [-0.39, 0.29) is 6.61 Å². The van der Waals surface area contributed by atoms with Gasteiger partial charge in [0.2, 0.25) is 0 Å². The number of ether oxygens (including phenoxy) is 2. The first-order valence-corrected chi connectivity index (χ1v) is 7.08. The lowest BCUT2D eigenvalue weighted by Crippen LogP contribution is -2.09. The lowest BCUT2D eigenvalue weighted by atomic mass is 10.2. The first-order chi connectivity index (χ1) is 10.6. The Morgan fingerprint density at radius 3 is 2.09 bits per heavy atom. The molecule has 2 aromatic rings. The van der Waals surface area contributed by atoms with Crippen LogP contribution in [0.2, 0.25) is 0 Å². The zero-order valence-corrected chi connectivity index (χ0v) is 13.0. The van der Waals surface area contributed by atoms with Gasteiger partial charge in [-0.1, -0.05) is 21.9 Å². The smallest absolute Gasteiger partial charge is 0.343 e. The molecule has 0 saturated heterocycles. The third kappa shape index (κ3) is 4.21. The maximum absolute atomic E-state index is 11.9. The molecule has 0 aliphatic rings. The van der Waals surface area contributed by atoms with E-state index in [4.69, 9.17) is 15.9 Å². The molecule has 0 radical (unpaired) electrons. The first kappa shape index (κ1) is 15.8. The molecule has 0 aliphatic heterocycles. The van der Waals surface area contributed by atoms with Crippen molar-refractivity contribution in [3.8, 4) is 18.1 Å². The highest BCUT2D eigenvalue weighted by molar-refractivity contribution is 9.10. The van der Waals surface area contributed by atoms with Crippen molar-refractivity contribution in [1.82, 2.24) is 0 Å². The Balaban J connectivity index is 2.02. The summed E-state index contributed by atoms with van der Waals surface area (Å²) in [5.41, 5.74) is 0.763. The van der Waals surface area contributed by atoms with Crippen molar-refractivity contribution < 1.29 is 19.1 Å². The summed E-state index contributed by atoms with van der Waals surface area (Å²) >= 11 is 3.29. The highest BCUT2D eigenvalue weighted by Gasteiger charge is 2.10. The van der Waals surface area contributed by atoms with Gasteiger partial charge in [0.1, 0.15) is 5.75 Å². The number of rotatable bonds is 4. The minimum absolute atomic E-state index is 0.0842. The van der Waals surface area contributed by atoms with Crippen LogP contribution >= 0.6 is 15.9 Å². The second-order valence-electron chi connectivity index (χ2n) is 4.20. The molecule has 0 unspecified atom stereocenters. The zero-order valence-electron chi connectivity index (χ0n) is 11.4. The summed E-state index contributed by atoms with van der Waals surface area (Å²) in [6.45, 7) is -0.0842. The molecule has 0 fully saturated rings. The lowest BCUT2D eigenvalue weighted by Gasteiger charge is -2.05. The van der Waals surface area contributed by atoms with E-state index in [1.807, 2.05) is 0 Å². The van der Waals surface area contributed by atoms with Gasteiger partial charge < -0.3 is 9.47 Å². The summed E-state index contributed by atoms with van der Waals surface area (Å²) < 4.78 is 10.9. The summed E-state index contributed by atoms with van der Waals surface area (Å²) in [7, 11) is 0. The van der Waals surface area contributed by atoms with Gasteiger partial charge in [0.05, 0.1) is 11.1 Å². The van der Waals surface area contributed by atoms with Crippen molar-refractivity contribution >= 4 is 27.9 Å². The van der Waals surface area contributed by atoms with Crippen molar-refractivity contribution in [1.29, 1.82) is 0 Å². The number of hydrogen-bond donors (Lipinski definition) is 0. The molecule has 4 nitrogen and oxygen atoms in total. The predicted octanol–water partition coefficient (Wildman–Crippen LogP) is 3.46. The van der Waals surface area contributed by atoms with Gasteiger partial charge in [0, 0.05) is 4.47 Å². The van der Waals surface area contributed by atoms with Gasteiger partial charge in [-0.3, -0.25) is 0 Å². The predicted molar refractivity (Wildman–Crippen MR) is 84.7 cm³/mol. The second kappa shape index (κ2) is 7.43. The van der Waals surface area contributed by atoms with E-state index < -0.39 is 11.9 Å². The molecule has 0 aromatic heterocycles. The molecule has 2 aromatic carbocycles. The van der Waals surface area contributed by atoms with Crippen molar-refractivity contribution in [2.24, 2.45) is 0 Å². The van der Waals surface area contributed by atoms with Crippen LogP contribution in [0.4, 0.5) is 0 Å². The van der Waals surface area contributed by atoms with Gasteiger partial charge in [0.25, 0.3) is 0 Å². The fourth-order valence-corrected chi connectivity index (χ4v) is 1.87. The Bertz CT molecular complexity index is 712. The second-order valence-corrected chi connectivity index (χ2v) is 5.12. The van der Waals surface area contributed by atoms with Crippen LogP contribution < -0.4 is 4.74 Å². The molecular formula is C17H11BrO4. The van der Waals surface area contributed by atoms with E-state index in [0.29, 0.717) is 16.9 Å².